The molecule has 0 fully saturated rings. The largest absolute Gasteiger partial charge is 0.497 e. The Morgan fingerprint density at radius 1 is 1.25 bits per heavy atom. The number of rotatable bonds is 9. The molecule has 24 heavy (non-hydrogen) atoms. The molecule has 0 saturated heterocycles. The van der Waals surface area contributed by atoms with Crippen molar-refractivity contribution in [3.05, 3.63) is 36.4 Å². The first-order valence-corrected chi connectivity index (χ1v) is 8.08. The van der Waals surface area contributed by atoms with Crippen LogP contribution in [0.1, 0.15) is 20.3 Å². The van der Waals surface area contributed by atoms with Crippen LogP contribution in [0.25, 0.3) is 0 Å². The molecule has 1 N–H and O–H groups in total. The van der Waals surface area contributed by atoms with Gasteiger partial charge in [-0.3, -0.25) is 4.99 Å². The van der Waals surface area contributed by atoms with E-state index in [4.69, 9.17) is 9.47 Å². The van der Waals surface area contributed by atoms with Crippen LogP contribution in [-0.4, -0.2) is 51.3 Å². The summed E-state index contributed by atoms with van der Waals surface area (Å²) in [5, 5.41) is 3.30. The Bertz CT molecular complexity index is 490. The van der Waals surface area contributed by atoms with E-state index >= 15 is 0 Å². The van der Waals surface area contributed by atoms with Gasteiger partial charge in [-0.05, 0) is 44.5 Å². The van der Waals surface area contributed by atoms with Crippen LogP contribution in [0, 0.1) is 0 Å². The number of guanidine groups is 1. The molecule has 1 aromatic rings. The Kier molecular flexibility index (Phi) is 13.1. The van der Waals surface area contributed by atoms with Gasteiger partial charge < -0.3 is 19.7 Å². The summed E-state index contributed by atoms with van der Waals surface area (Å²) in [6, 6.07) is 7.61. The molecule has 0 aliphatic heterocycles. The van der Waals surface area contributed by atoms with Gasteiger partial charge in [0.05, 0.1) is 13.7 Å². The second kappa shape index (κ2) is 13.9. The van der Waals surface area contributed by atoms with Crippen LogP contribution < -0.4 is 14.8 Å². The fourth-order valence-electron chi connectivity index (χ4n) is 1.96. The number of hydrogen-bond donors (Lipinski definition) is 1. The normalized spacial score (nSPS) is 11.1. The molecule has 0 bridgehead atoms. The van der Waals surface area contributed by atoms with Gasteiger partial charge in [-0.1, -0.05) is 12.2 Å². The second-order valence-corrected chi connectivity index (χ2v) is 5.04. The van der Waals surface area contributed by atoms with Gasteiger partial charge in [-0.15, -0.1) is 24.0 Å². The zero-order valence-electron chi connectivity index (χ0n) is 15.1. The van der Waals surface area contributed by atoms with Gasteiger partial charge in [0.25, 0.3) is 0 Å². The van der Waals surface area contributed by atoms with Gasteiger partial charge >= 0.3 is 0 Å². The van der Waals surface area contributed by atoms with Crippen LogP contribution in [-0.2, 0) is 0 Å². The molecule has 0 radical (unpaired) electrons. The Hall–Kier alpha value is -1.44. The lowest BCUT2D eigenvalue weighted by Gasteiger charge is -2.22. The van der Waals surface area contributed by atoms with Crippen LogP contribution in [0.2, 0.25) is 0 Å². The molecule has 1 rings (SSSR count). The molecule has 0 aliphatic rings. The minimum atomic E-state index is 0. The molecule has 0 aliphatic carbocycles. The molecule has 0 unspecified atom stereocenters. The number of methoxy groups -OCH3 is 1. The monoisotopic (exact) mass is 447 g/mol. The molecule has 0 heterocycles. The SMILES string of the molecule is C/C=C/CCN=C(NCC)N(C)CCOc1ccc(OC)cc1.I. The highest BCUT2D eigenvalue weighted by Gasteiger charge is 2.05. The molecule has 5 nitrogen and oxygen atoms in total. The third-order valence-electron chi connectivity index (χ3n) is 3.24. The van der Waals surface area contributed by atoms with E-state index in [0.29, 0.717) is 6.61 Å². The first-order chi connectivity index (χ1) is 11.2. The lowest BCUT2D eigenvalue weighted by Crippen LogP contribution is -2.41. The molecule has 0 aromatic heterocycles. The average molecular weight is 447 g/mol. The minimum absolute atomic E-state index is 0. The van der Waals surface area contributed by atoms with Gasteiger partial charge in [0, 0.05) is 20.1 Å². The summed E-state index contributed by atoms with van der Waals surface area (Å²) in [6.07, 6.45) is 5.14. The van der Waals surface area contributed by atoms with Crippen molar-refractivity contribution in [1.82, 2.24) is 10.2 Å². The maximum atomic E-state index is 5.76. The zero-order valence-corrected chi connectivity index (χ0v) is 17.4. The molecule has 0 saturated carbocycles. The number of halogens is 1. The van der Waals surface area contributed by atoms with Gasteiger partial charge in [-0.2, -0.15) is 0 Å². The standard InChI is InChI=1S/C18H29N3O2.HI/c1-5-7-8-13-20-18(19-6-2)21(3)14-15-23-17-11-9-16(22-4)10-12-17;/h5,7,9-12H,6,8,13-15H2,1-4H3,(H,19,20);1H/b7-5+;. The van der Waals surface area contributed by atoms with Crippen molar-refractivity contribution in [2.24, 2.45) is 4.99 Å². The summed E-state index contributed by atoms with van der Waals surface area (Å²) >= 11 is 0. The molecule has 136 valence electrons. The number of benzene rings is 1. The van der Waals surface area contributed by atoms with Crippen molar-refractivity contribution < 1.29 is 9.47 Å². The Morgan fingerprint density at radius 3 is 2.50 bits per heavy atom. The zero-order chi connectivity index (χ0) is 16.9. The van der Waals surface area contributed by atoms with E-state index in [2.05, 4.69) is 34.3 Å². The highest BCUT2D eigenvalue weighted by atomic mass is 127. The summed E-state index contributed by atoms with van der Waals surface area (Å²) in [6.45, 7) is 7.10. The van der Waals surface area contributed by atoms with Gasteiger partial charge in [0.15, 0.2) is 5.96 Å². The third-order valence-corrected chi connectivity index (χ3v) is 3.24. The van der Waals surface area contributed by atoms with Crippen molar-refractivity contribution in [3.63, 3.8) is 0 Å². The van der Waals surface area contributed by atoms with E-state index in [9.17, 15) is 0 Å². The fourth-order valence-corrected chi connectivity index (χ4v) is 1.96. The highest BCUT2D eigenvalue weighted by molar-refractivity contribution is 14.0. The first-order valence-electron chi connectivity index (χ1n) is 8.08. The Morgan fingerprint density at radius 2 is 1.92 bits per heavy atom. The molecule has 0 amide bonds. The summed E-state index contributed by atoms with van der Waals surface area (Å²) in [5.41, 5.74) is 0. The van der Waals surface area contributed by atoms with Crippen LogP contribution in [0.15, 0.2) is 41.4 Å². The summed E-state index contributed by atoms with van der Waals surface area (Å²) in [7, 11) is 3.68. The van der Waals surface area contributed by atoms with Crippen molar-refractivity contribution in [3.8, 4) is 11.5 Å². The molecule has 6 heteroatoms. The van der Waals surface area contributed by atoms with Gasteiger partial charge in [0.2, 0.25) is 0 Å². The van der Waals surface area contributed by atoms with E-state index in [0.717, 1.165) is 43.5 Å². The van der Waals surface area contributed by atoms with Crippen LogP contribution >= 0.6 is 24.0 Å². The topological polar surface area (TPSA) is 46.1 Å². The minimum Gasteiger partial charge on any atom is -0.497 e. The lowest BCUT2D eigenvalue weighted by molar-refractivity contribution is 0.281. The predicted molar refractivity (Wildman–Crippen MR) is 112 cm³/mol. The summed E-state index contributed by atoms with van der Waals surface area (Å²) in [5.74, 6) is 2.58. The molecular weight excluding hydrogens is 417 g/mol. The molecule has 1 aromatic carbocycles. The Balaban J connectivity index is 0.00000529. The molecular formula is C18H30IN3O2. The number of likely N-dealkylation sites (N-methyl/N-ethyl adjacent to an activating group) is 1. The van der Waals surface area contributed by atoms with Crippen LogP contribution in [0.5, 0.6) is 11.5 Å². The summed E-state index contributed by atoms with van der Waals surface area (Å²) in [4.78, 5) is 6.69. The van der Waals surface area contributed by atoms with Gasteiger partial charge in [-0.25, -0.2) is 0 Å². The van der Waals surface area contributed by atoms with E-state index in [1.807, 2.05) is 38.2 Å². The highest BCUT2D eigenvalue weighted by Crippen LogP contribution is 2.16. The Labute approximate surface area is 163 Å². The smallest absolute Gasteiger partial charge is 0.193 e. The maximum absolute atomic E-state index is 5.76. The quantitative estimate of drug-likeness (QED) is 0.207. The molecule has 0 spiro atoms. The van der Waals surface area contributed by atoms with E-state index in [1.165, 1.54) is 0 Å². The van der Waals surface area contributed by atoms with E-state index in [1.54, 1.807) is 7.11 Å². The summed E-state index contributed by atoms with van der Waals surface area (Å²) < 4.78 is 10.9. The maximum Gasteiger partial charge on any atom is 0.193 e. The molecule has 0 atom stereocenters. The van der Waals surface area contributed by atoms with Gasteiger partial charge in [0.1, 0.15) is 18.1 Å². The van der Waals surface area contributed by atoms with E-state index < -0.39 is 0 Å². The number of nitrogens with one attached hydrogen (secondary N) is 1. The number of allylic oxidation sites excluding steroid dienone is 1. The number of nitrogens with zero attached hydrogens (tertiary/aromatic N) is 2. The first kappa shape index (κ1) is 22.6. The number of ether oxygens (including phenoxy) is 2. The van der Waals surface area contributed by atoms with Crippen molar-refractivity contribution >= 4 is 29.9 Å². The number of aliphatic imine (C=N–C) groups is 1. The fraction of sp³-hybridized carbons (Fsp3) is 0.500. The second-order valence-electron chi connectivity index (χ2n) is 5.04. The van der Waals surface area contributed by atoms with Crippen molar-refractivity contribution in [2.45, 2.75) is 20.3 Å². The van der Waals surface area contributed by atoms with E-state index in [-0.39, 0.29) is 24.0 Å². The predicted octanol–water partition coefficient (Wildman–Crippen LogP) is 3.56. The van der Waals surface area contributed by atoms with Crippen LogP contribution in [0.3, 0.4) is 0 Å². The van der Waals surface area contributed by atoms with Crippen molar-refractivity contribution in [2.75, 3.05) is 40.4 Å². The van der Waals surface area contributed by atoms with Crippen LogP contribution in [0.4, 0.5) is 0 Å². The number of hydrogen-bond acceptors (Lipinski definition) is 3. The average Bonchev–Trinajstić information content (AvgIpc) is 2.58. The van der Waals surface area contributed by atoms with Crippen molar-refractivity contribution in [1.29, 1.82) is 0 Å². The third kappa shape index (κ3) is 9.00. The lowest BCUT2D eigenvalue weighted by atomic mass is 10.3.